The first-order chi connectivity index (χ1) is 8.66. The van der Waals surface area contributed by atoms with Crippen molar-refractivity contribution in [1.29, 1.82) is 0 Å². The fourth-order valence-corrected chi connectivity index (χ4v) is 1.51. The average Bonchev–Trinajstić information content (AvgIpc) is 2.86. The van der Waals surface area contributed by atoms with Crippen molar-refractivity contribution in [3.05, 3.63) is 48.3 Å². The van der Waals surface area contributed by atoms with E-state index in [0.717, 1.165) is 5.69 Å². The summed E-state index contributed by atoms with van der Waals surface area (Å²) < 4.78 is 6.96. The van der Waals surface area contributed by atoms with Crippen LogP contribution in [0.25, 0.3) is 5.69 Å². The lowest BCUT2D eigenvalue weighted by Crippen LogP contribution is -2.14. The molecule has 1 aromatic carbocycles. The summed E-state index contributed by atoms with van der Waals surface area (Å²) in [5.41, 5.74) is 1.36. The van der Waals surface area contributed by atoms with Crippen LogP contribution in [0.4, 0.5) is 0 Å². The predicted octanol–water partition coefficient (Wildman–Crippen LogP) is 2.48. The number of carbonyl (C=O) groups excluding carboxylic acids is 1. The molecule has 0 aliphatic rings. The Labute approximate surface area is 106 Å². The van der Waals surface area contributed by atoms with Crippen molar-refractivity contribution in [2.24, 2.45) is 0 Å². The quantitative estimate of drug-likeness (QED) is 0.759. The maximum absolute atomic E-state index is 11.8. The third-order valence-corrected chi connectivity index (χ3v) is 2.44. The number of benzene rings is 1. The summed E-state index contributed by atoms with van der Waals surface area (Å²) in [4.78, 5) is 11.8. The lowest BCUT2D eigenvalue weighted by Gasteiger charge is -2.04. The summed E-state index contributed by atoms with van der Waals surface area (Å²) in [6.45, 7) is 3.87. The van der Waals surface area contributed by atoms with Crippen molar-refractivity contribution in [3.8, 4) is 5.69 Å². The molecular weight excluding hydrogens is 228 g/mol. The molecule has 0 amide bonds. The Morgan fingerprint density at radius 3 is 2.67 bits per heavy atom. The molecule has 0 aliphatic carbocycles. The highest BCUT2D eigenvalue weighted by molar-refractivity contribution is 5.95. The number of carbonyl (C=O) groups is 1. The Balaban J connectivity index is 2.09. The second-order valence-corrected chi connectivity index (χ2v) is 4.26. The number of hydrogen-bond acceptors (Lipinski definition) is 3. The third-order valence-electron chi connectivity index (χ3n) is 2.44. The zero-order valence-corrected chi connectivity index (χ0v) is 10.5. The fourth-order valence-electron chi connectivity index (χ4n) is 1.51. The molecule has 0 saturated carbocycles. The fraction of sp³-hybridized carbons (Fsp3) is 0.286. The molecule has 0 aliphatic heterocycles. The van der Waals surface area contributed by atoms with Gasteiger partial charge in [0.2, 0.25) is 5.78 Å². The van der Waals surface area contributed by atoms with Gasteiger partial charge in [0, 0.05) is 6.20 Å². The Morgan fingerprint density at radius 1 is 1.28 bits per heavy atom. The molecule has 0 N–H and O–H groups in total. The second-order valence-electron chi connectivity index (χ2n) is 4.26. The van der Waals surface area contributed by atoms with E-state index in [-0.39, 0.29) is 18.5 Å². The average molecular weight is 244 g/mol. The molecule has 0 spiro atoms. The van der Waals surface area contributed by atoms with Gasteiger partial charge >= 0.3 is 0 Å². The minimum atomic E-state index is -0.0987. The summed E-state index contributed by atoms with van der Waals surface area (Å²) in [5, 5.41) is 4.25. The molecule has 4 nitrogen and oxygen atoms in total. The van der Waals surface area contributed by atoms with Crippen LogP contribution in [0.1, 0.15) is 24.3 Å². The Hall–Kier alpha value is -1.94. The molecule has 4 heteroatoms. The molecule has 0 unspecified atom stereocenters. The second kappa shape index (κ2) is 5.60. The number of ketones is 1. The zero-order chi connectivity index (χ0) is 13.0. The molecule has 0 atom stereocenters. The third kappa shape index (κ3) is 3.05. The van der Waals surface area contributed by atoms with E-state index in [9.17, 15) is 4.79 Å². The van der Waals surface area contributed by atoms with Gasteiger partial charge < -0.3 is 4.74 Å². The van der Waals surface area contributed by atoms with E-state index in [1.54, 1.807) is 16.9 Å². The lowest BCUT2D eigenvalue weighted by atomic mass is 10.3. The van der Waals surface area contributed by atoms with Gasteiger partial charge in [-0.05, 0) is 32.0 Å². The minimum absolute atomic E-state index is 0.0464. The van der Waals surface area contributed by atoms with Crippen LogP contribution in [0.5, 0.6) is 0 Å². The van der Waals surface area contributed by atoms with E-state index >= 15 is 0 Å². The summed E-state index contributed by atoms with van der Waals surface area (Å²) in [5.74, 6) is -0.0987. The van der Waals surface area contributed by atoms with Crippen LogP contribution in [0.2, 0.25) is 0 Å². The van der Waals surface area contributed by atoms with Gasteiger partial charge in [0.1, 0.15) is 12.3 Å². The molecule has 2 aromatic rings. The first-order valence-electron chi connectivity index (χ1n) is 5.92. The SMILES string of the molecule is CC(C)OCC(=O)c1ccn(-c2ccccc2)n1. The van der Waals surface area contributed by atoms with Gasteiger partial charge in [-0.3, -0.25) is 4.79 Å². The molecule has 1 aromatic heterocycles. The number of para-hydroxylation sites is 1. The Morgan fingerprint density at radius 2 is 2.00 bits per heavy atom. The highest BCUT2D eigenvalue weighted by Crippen LogP contribution is 2.07. The number of rotatable bonds is 5. The molecule has 0 radical (unpaired) electrons. The number of aromatic nitrogens is 2. The van der Waals surface area contributed by atoms with E-state index in [0.29, 0.717) is 5.69 Å². The largest absolute Gasteiger partial charge is 0.371 e. The summed E-state index contributed by atoms with van der Waals surface area (Å²) in [6, 6.07) is 11.4. The molecule has 0 bridgehead atoms. The Kier molecular flexibility index (Phi) is 3.89. The molecule has 0 fully saturated rings. The van der Waals surface area contributed by atoms with Gasteiger partial charge in [-0.25, -0.2) is 4.68 Å². The number of Topliss-reactive ketones (excluding diaryl/α,β-unsaturated/α-hetero) is 1. The van der Waals surface area contributed by atoms with Crippen molar-refractivity contribution < 1.29 is 9.53 Å². The Bertz CT molecular complexity index is 518. The predicted molar refractivity (Wildman–Crippen MR) is 69.0 cm³/mol. The maximum atomic E-state index is 11.8. The van der Waals surface area contributed by atoms with Crippen molar-refractivity contribution in [2.45, 2.75) is 20.0 Å². The summed E-state index contributed by atoms with van der Waals surface area (Å²) in [7, 11) is 0. The van der Waals surface area contributed by atoms with E-state index in [1.807, 2.05) is 44.2 Å². The van der Waals surface area contributed by atoms with Crippen molar-refractivity contribution >= 4 is 5.78 Å². The maximum Gasteiger partial charge on any atom is 0.208 e. The number of nitrogens with zero attached hydrogens (tertiary/aromatic N) is 2. The first-order valence-corrected chi connectivity index (χ1v) is 5.92. The van der Waals surface area contributed by atoms with E-state index < -0.39 is 0 Å². The van der Waals surface area contributed by atoms with Crippen molar-refractivity contribution in [1.82, 2.24) is 9.78 Å². The van der Waals surface area contributed by atoms with Gasteiger partial charge in [-0.1, -0.05) is 18.2 Å². The highest BCUT2D eigenvalue weighted by atomic mass is 16.5. The molecule has 1 heterocycles. The summed E-state index contributed by atoms with van der Waals surface area (Å²) >= 11 is 0. The normalized spacial score (nSPS) is 10.8. The van der Waals surface area contributed by atoms with Gasteiger partial charge in [0.05, 0.1) is 11.8 Å². The van der Waals surface area contributed by atoms with Gasteiger partial charge in [-0.2, -0.15) is 5.10 Å². The summed E-state index contributed by atoms with van der Waals surface area (Å²) in [6.07, 6.45) is 1.82. The van der Waals surface area contributed by atoms with Crippen molar-refractivity contribution in [3.63, 3.8) is 0 Å². The van der Waals surface area contributed by atoms with Gasteiger partial charge in [0.25, 0.3) is 0 Å². The van der Waals surface area contributed by atoms with Crippen LogP contribution in [0.15, 0.2) is 42.6 Å². The number of ether oxygens (including phenoxy) is 1. The van der Waals surface area contributed by atoms with Crippen molar-refractivity contribution in [2.75, 3.05) is 6.61 Å². The smallest absolute Gasteiger partial charge is 0.208 e. The van der Waals surface area contributed by atoms with Gasteiger partial charge in [0.15, 0.2) is 0 Å². The molecule has 94 valence electrons. The van der Waals surface area contributed by atoms with E-state index in [1.165, 1.54) is 0 Å². The van der Waals surface area contributed by atoms with Crippen LogP contribution < -0.4 is 0 Å². The standard InChI is InChI=1S/C14H16N2O2/c1-11(2)18-10-14(17)13-8-9-16(15-13)12-6-4-3-5-7-12/h3-9,11H,10H2,1-2H3. The molecule has 0 saturated heterocycles. The highest BCUT2D eigenvalue weighted by Gasteiger charge is 2.11. The van der Waals surface area contributed by atoms with E-state index in [4.69, 9.17) is 4.74 Å². The van der Waals surface area contributed by atoms with Crippen LogP contribution in [-0.4, -0.2) is 28.3 Å². The molecule has 18 heavy (non-hydrogen) atoms. The van der Waals surface area contributed by atoms with Crippen LogP contribution in [0, 0.1) is 0 Å². The van der Waals surface area contributed by atoms with E-state index in [2.05, 4.69) is 5.10 Å². The lowest BCUT2D eigenvalue weighted by molar-refractivity contribution is 0.0580. The first kappa shape index (κ1) is 12.5. The zero-order valence-electron chi connectivity index (χ0n) is 10.5. The molecule has 2 rings (SSSR count). The van der Waals surface area contributed by atoms with Crippen LogP contribution in [0.3, 0.4) is 0 Å². The van der Waals surface area contributed by atoms with Crippen LogP contribution >= 0.6 is 0 Å². The number of hydrogen-bond donors (Lipinski definition) is 0. The monoisotopic (exact) mass is 244 g/mol. The minimum Gasteiger partial charge on any atom is -0.371 e. The van der Waals surface area contributed by atoms with Crippen LogP contribution in [-0.2, 0) is 4.74 Å². The molecular formula is C14H16N2O2. The topological polar surface area (TPSA) is 44.1 Å². The van der Waals surface area contributed by atoms with Gasteiger partial charge in [-0.15, -0.1) is 0 Å².